The Morgan fingerprint density at radius 1 is 0.974 bits per heavy atom. The Morgan fingerprint density at radius 3 is 1.92 bits per heavy atom. The lowest BCUT2D eigenvalue weighted by Gasteiger charge is -2.01. The maximum Gasteiger partial charge on any atom is 0.248 e. The van der Waals surface area contributed by atoms with Gasteiger partial charge in [0.05, 0.1) is 5.75 Å². The Labute approximate surface area is 224 Å². The van der Waals surface area contributed by atoms with E-state index < -0.39 is 15.7 Å². The molecule has 0 saturated heterocycles. The van der Waals surface area contributed by atoms with E-state index in [4.69, 9.17) is 22.5 Å². The third-order valence-electron chi connectivity index (χ3n) is 4.54. The lowest BCUT2D eigenvalue weighted by atomic mass is 10.1. The van der Waals surface area contributed by atoms with Gasteiger partial charge < -0.3 is 17.2 Å². The minimum atomic E-state index is -3.17. The van der Waals surface area contributed by atoms with Crippen LogP contribution in [0.15, 0.2) is 80.3 Å². The lowest BCUT2D eigenvalue weighted by Crippen LogP contribution is -2.11. The predicted octanol–water partition coefficient (Wildman–Crippen LogP) is 3.12. The van der Waals surface area contributed by atoms with Crippen LogP contribution in [-0.2, 0) is 16.3 Å². The monoisotopic (exact) mass is 535 g/mol. The molecule has 0 fully saturated rings. The highest BCUT2D eigenvalue weighted by Gasteiger charge is 2.06. The van der Waals surface area contributed by atoms with Gasteiger partial charge in [-0.25, -0.2) is 18.4 Å². The Hall–Kier alpha value is -4.82. The van der Waals surface area contributed by atoms with E-state index >= 15 is 0 Å². The zero-order valence-corrected chi connectivity index (χ0v) is 21.3. The number of benzene rings is 1. The number of pyridine rings is 1. The van der Waals surface area contributed by atoms with Crippen LogP contribution in [0.1, 0.15) is 45.9 Å². The van der Waals surface area contributed by atoms with Gasteiger partial charge in [0, 0.05) is 58.3 Å². The first-order valence-corrected chi connectivity index (χ1v) is 12.4. The normalized spacial score (nSPS) is 9.58. The van der Waals surface area contributed by atoms with Gasteiger partial charge >= 0.3 is 0 Å². The molecule has 2 aromatic heterocycles. The van der Waals surface area contributed by atoms with Crippen molar-refractivity contribution >= 4 is 27.1 Å². The van der Waals surface area contributed by atoms with Gasteiger partial charge in [0.25, 0.3) is 0 Å². The molecule has 0 saturated carbocycles. The largest absolute Gasteiger partial charge is 0.399 e. The van der Waals surface area contributed by atoms with Gasteiger partial charge in [0.2, 0.25) is 11.7 Å². The Kier molecular flexibility index (Phi) is 14.0. The number of carbonyl (C=O) groups excluding carboxylic acids is 1. The zero-order chi connectivity index (χ0) is 28.0. The van der Waals surface area contributed by atoms with E-state index in [1.54, 1.807) is 42.7 Å². The highest BCUT2D eigenvalue weighted by Crippen LogP contribution is 2.07. The number of hydrogen-bond acceptors (Lipinski definition) is 9. The number of nitriles is 1. The number of aryl methyl sites for hydroxylation is 2. The van der Waals surface area contributed by atoms with Crippen molar-refractivity contribution in [2.24, 2.45) is 17.2 Å². The first kappa shape index (κ1) is 33.2. The fourth-order valence-corrected chi connectivity index (χ4v) is 3.15. The molecule has 1 aromatic carbocycles. The second-order valence-corrected chi connectivity index (χ2v) is 9.62. The molecule has 2 heterocycles. The topological polar surface area (TPSA) is 192 Å². The second-order valence-electron chi connectivity index (χ2n) is 7.55. The fourth-order valence-electron chi connectivity index (χ4n) is 2.46. The van der Waals surface area contributed by atoms with E-state index in [1.165, 1.54) is 12.4 Å². The first-order chi connectivity index (χ1) is 17.4. The van der Waals surface area contributed by atoms with Crippen LogP contribution in [0.4, 0.5) is 0 Å². The summed E-state index contributed by atoms with van der Waals surface area (Å²) >= 11 is 0. The number of aromatic nitrogens is 3. The van der Waals surface area contributed by atoms with Gasteiger partial charge in [-0.1, -0.05) is 39.3 Å². The molecular formula is C27H33N7O3S. The molecule has 0 atom stereocenters. The highest BCUT2D eigenvalue weighted by atomic mass is 32.2. The summed E-state index contributed by atoms with van der Waals surface area (Å²) in [6.45, 7) is 12.3. The fraction of sp³-hybridized carbons (Fsp3) is 0.148. The predicted molar refractivity (Wildman–Crippen MR) is 152 cm³/mol. The Morgan fingerprint density at radius 2 is 1.53 bits per heavy atom. The van der Waals surface area contributed by atoms with Crippen LogP contribution in [0.2, 0.25) is 0 Å². The molecule has 10 nitrogen and oxygen atoms in total. The maximum absolute atomic E-state index is 11.2. The summed E-state index contributed by atoms with van der Waals surface area (Å²) in [5, 5.41) is 9.29. The van der Waals surface area contributed by atoms with E-state index in [-0.39, 0.29) is 19.0 Å². The molecule has 200 valence electrons. The van der Waals surface area contributed by atoms with Crippen molar-refractivity contribution in [3.63, 3.8) is 0 Å². The lowest BCUT2D eigenvalue weighted by molar-refractivity contribution is 0.1000. The first-order valence-electron chi connectivity index (χ1n) is 10.7. The standard InChI is InChI=1S/C11H13NO3S.C8H10N2.C7H6N4.CH4/c1-2-16(14,15)8-7-9-3-5-10(6-4-9)11(12)13;1-6-3-8(7(2)9)5-10-4-6;1-5(9)6-3-10-7(2-8)11-4-6;/h2-6H,1,7-8H2,(H2,12,13);3-5H,2,9H2,1H3;3-4H,1,9H2;1H4. The smallest absolute Gasteiger partial charge is 0.248 e. The molecule has 0 aliphatic heterocycles. The molecular weight excluding hydrogens is 502 g/mol. The van der Waals surface area contributed by atoms with Crippen molar-refractivity contribution in [3.05, 3.63) is 114 Å². The summed E-state index contributed by atoms with van der Waals surface area (Å²) in [7, 11) is -3.17. The van der Waals surface area contributed by atoms with Crippen molar-refractivity contribution in [1.82, 2.24) is 15.0 Å². The summed E-state index contributed by atoms with van der Waals surface area (Å²) in [5.41, 5.74) is 20.7. The van der Waals surface area contributed by atoms with E-state index in [0.29, 0.717) is 28.9 Å². The van der Waals surface area contributed by atoms with Crippen LogP contribution in [0.5, 0.6) is 0 Å². The average Bonchev–Trinajstić information content (AvgIpc) is 2.88. The number of nitrogens with two attached hydrogens (primary N) is 3. The van der Waals surface area contributed by atoms with Crippen molar-refractivity contribution in [3.8, 4) is 6.07 Å². The van der Waals surface area contributed by atoms with Crippen molar-refractivity contribution in [1.29, 1.82) is 5.26 Å². The second kappa shape index (κ2) is 16.0. The maximum atomic E-state index is 11.2. The van der Waals surface area contributed by atoms with E-state index in [9.17, 15) is 13.2 Å². The summed E-state index contributed by atoms with van der Waals surface area (Å²) in [5.74, 6) is -0.341. The molecule has 0 unspecified atom stereocenters. The molecule has 0 spiro atoms. The molecule has 3 rings (SSSR count). The zero-order valence-electron chi connectivity index (χ0n) is 20.5. The molecule has 1 amide bonds. The van der Waals surface area contributed by atoms with Crippen LogP contribution < -0.4 is 17.2 Å². The van der Waals surface area contributed by atoms with E-state index in [2.05, 4.69) is 34.7 Å². The van der Waals surface area contributed by atoms with Crippen molar-refractivity contribution in [2.45, 2.75) is 20.8 Å². The highest BCUT2D eigenvalue weighted by molar-refractivity contribution is 7.94. The number of primary amides is 1. The van der Waals surface area contributed by atoms with E-state index in [0.717, 1.165) is 22.1 Å². The molecule has 0 radical (unpaired) electrons. The number of hydrogen-bond donors (Lipinski definition) is 3. The quantitative estimate of drug-likeness (QED) is 0.407. The number of sulfone groups is 1. The average molecular weight is 536 g/mol. The van der Waals surface area contributed by atoms with Crippen LogP contribution in [0, 0.1) is 18.3 Å². The molecule has 11 heteroatoms. The SMILES string of the molecule is C.C=C(N)c1cnc(C#N)nc1.C=C(N)c1cncc(C)c1.C=CS(=O)(=O)CCc1ccc(C(N)=O)cc1. The summed E-state index contributed by atoms with van der Waals surface area (Å²) in [6, 6.07) is 10.3. The van der Waals surface area contributed by atoms with Crippen LogP contribution >= 0.6 is 0 Å². The van der Waals surface area contributed by atoms with Crippen LogP contribution in [0.3, 0.4) is 0 Å². The van der Waals surface area contributed by atoms with Gasteiger partial charge in [-0.05, 0) is 42.7 Å². The van der Waals surface area contributed by atoms with Crippen molar-refractivity contribution < 1.29 is 13.2 Å². The molecule has 0 aliphatic carbocycles. The van der Waals surface area contributed by atoms with Crippen molar-refractivity contribution in [2.75, 3.05) is 5.75 Å². The van der Waals surface area contributed by atoms with Crippen LogP contribution in [-0.4, -0.2) is 35.0 Å². The summed E-state index contributed by atoms with van der Waals surface area (Å²) in [6.07, 6.45) is 6.82. The molecule has 38 heavy (non-hydrogen) atoms. The van der Waals surface area contributed by atoms with Gasteiger partial charge in [-0.3, -0.25) is 9.78 Å². The molecule has 0 bridgehead atoms. The third-order valence-corrected chi connectivity index (χ3v) is 5.82. The van der Waals surface area contributed by atoms with Gasteiger partial charge in [0.15, 0.2) is 9.84 Å². The minimum absolute atomic E-state index is 0. The molecule has 3 aromatic rings. The summed E-state index contributed by atoms with van der Waals surface area (Å²) < 4.78 is 22.3. The Balaban J connectivity index is 0.000000552. The van der Waals surface area contributed by atoms with E-state index in [1.807, 2.05) is 13.0 Å². The number of rotatable bonds is 7. The number of carbonyl (C=O) groups is 1. The van der Waals surface area contributed by atoms with Crippen LogP contribution in [0.25, 0.3) is 11.4 Å². The number of amides is 1. The molecule has 6 N–H and O–H groups in total. The summed E-state index contributed by atoms with van der Waals surface area (Å²) in [4.78, 5) is 22.2. The third kappa shape index (κ3) is 12.2. The van der Waals surface area contributed by atoms with Gasteiger partial charge in [-0.15, -0.1) is 0 Å². The Bertz CT molecular complexity index is 1390. The van der Waals surface area contributed by atoms with Gasteiger partial charge in [-0.2, -0.15) is 5.26 Å². The van der Waals surface area contributed by atoms with Gasteiger partial charge in [0.1, 0.15) is 6.07 Å². The molecule has 0 aliphatic rings. The number of nitrogens with zero attached hydrogens (tertiary/aromatic N) is 4. The minimum Gasteiger partial charge on any atom is -0.399 e.